The second-order valence-electron chi connectivity index (χ2n) is 18.1. The van der Waals surface area contributed by atoms with Crippen LogP contribution < -0.4 is 20.0 Å². The molecule has 0 radical (unpaired) electrons. The van der Waals surface area contributed by atoms with Gasteiger partial charge in [0.15, 0.2) is 0 Å². The molecule has 14 rings (SSSR count). The van der Waals surface area contributed by atoms with E-state index in [0.29, 0.717) is 0 Å². The van der Waals surface area contributed by atoms with E-state index in [2.05, 4.69) is 223 Å². The average molecular weight is 863 g/mol. The van der Waals surface area contributed by atoms with Crippen molar-refractivity contribution in [2.75, 3.05) is 9.71 Å². The Morgan fingerprint density at radius 1 is 0.545 bits per heavy atom. The van der Waals surface area contributed by atoms with Gasteiger partial charge in [-0.05, 0) is 88.1 Å². The average Bonchev–Trinajstić information content (AvgIpc) is 3.96. The van der Waals surface area contributed by atoms with E-state index in [1.807, 2.05) is 11.3 Å². The van der Waals surface area contributed by atoms with Gasteiger partial charge >= 0.3 is 6.85 Å². The molecule has 0 amide bonds. The number of fused-ring (bicyclic) bond motifs is 12. The number of rotatable bonds is 7. The molecule has 0 atom stereocenters. The molecule has 11 aromatic rings. The topological polar surface area (TPSA) is 19.6 Å². The second kappa shape index (κ2) is 14.5. The first kappa shape index (κ1) is 37.7. The first-order valence-corrected chi connectivity index (χ1v) is 24.2. The minimum Gasteiger partial charge on any atom is -0.455 e. The van der Waals surface area contributed by atoms with Crippen molar-refractivity contribution in [2.24, 2.45) is 0 Å². The van der Waals surface area contributed by atoms with E-state index in [9.17, 15) is 0 Å². The maximum absolute atomic E-state index is 7.20. The Bertz CT molecular complexity index is 3690. The molecule has 0 fully saturated rings. The van der Waals surface area contributed by atoms with Crippen molar-refractivity contribution in [2.45, 2.75) is 31.6 Å². The molecule has 0 unspecified atom stereocenters. The molecule has 66 heavy (non-hydrogen) atoms. The lowest BCUT2D eigenvalue weighted by Gasteiger charge is -2.52. The van der Waals surface area contributed by atoms with Gasteiger partial charge in [0, 0.05) is 59.4 Å². The number of thiophene rings is 1. The Morgan fingerprint density at radius 3 is 2.02 bits per heavy atom. The lowest BCUT2D eigenvalue weighted by atomic mass is 9.44. The maximum Gasteiger partial charge on any atom is 0.343 e. The quantitative estimate of drug-likeness (QED) is 0.149. The summed E-state index contributed by atoms with van der Waals surface area (Å²) in [6.07, 6.45) is 3.37. The van der Waals surface area contributed by atoms with Gasteiger partial charge in [-0.15, -0.1) is 11.3 Å². The fraction of sp³-hybridized carbons (Fsp3) is 0.0820. The van der Waals surface area contributed by atoms with Crippen LogP contribution in [0, 0.1) is 0 Å². The largest absolute Gasteiger partial charge is 0.455 e. The van der Waals surface area contributed by atoms with Crippen LogP contribution in [0.2, 0.25) is 0 Å². The highest BCUT2D eigenvalue weighted by Gasteiger charge is 2.55. The Hall–Kier alpha value is -7.60. The molecule has 0 saturated heterocycles. The van der Waals surface area contributed by atoms with Gasteiger partial charge in [0.25, 0.3) is 0 Å². The summed E-state index contributed by atoms with van der Waals surface area (Å²) in [5.74, 6) is 0. The van der Waals surface area contributed by atoms with Crippen LogP contribution in [0.25, 0.3) is 54.3 Å². The van der Waals surface area contributed by atoms with Gasteiger partial charge in [-0.25, -0.2) is 0 Å². The SMILES string of the molecule is CCCCc1ccc(N2c3cc4c(oc5ccccc54)c4c3B(c3sc5ccccc5c32)N2c3ccccc3C(c3ccccc3)(c3ccccc3)c3cccc-4c32)c(-c2ccccc2)c1. The molecule has 3 aliphatic rings. The molecular weight excluding hydrogens is 820 g/mol. The van der Waals surface area contributed by atoms with Gasteiger partial charge in [-0.3, -0.25) is 0 Å². The Labute approximate surface area is 388 Å². The summed E-state index contributed by atoms with van der Waals surface area (Å²) < 4.78 is 9.81. The van der Waals surface area contributed by atoms with E-state index < -0.39 is 5.41 Å². The third kappa shape index (κ3) is 5.09. The molecule has 3 aliphatic heterocycles. The summed E-state index contributed by atoms with van der Waals surface area (Å²) in [5, 5.41) is 3.53. The summed E-state index contributed by atoms with van der Waals surface area (Å²) in [6.45, 7) is 2.13. The van der Waals surface area contributed by atoms with Crippen LogP contribution in [0.3, 0.4) is 0 Å². The van der Waals surface area contributed by atoms with Crippen molar-refractivity contribution in [3.05, 3.63) is 234 Å². The zero-order chi connectivity index (χ0) is 43.5. The maximum atomic E-state index is 7.20. The van der Waals surface area contributed by atoms with Gasteiger partial charge in [0.2, 0.25) is 0 Å². The monoisotopic (exact) mass is 862 g/mol. The van der Waals surface area contributed by atoms with Crippen molar-refractivity contribution in [1.29, 1.82) is 0 Å². The van der Waals surface area contributed by atoms with E-state index in [4.69, 9.17) is 4.42 Å². The summed E-state index contributed by atoms with van der Waals surface area (Å²) in [6, 6.07) is 77.1. The predicted octanol–water partition coefficient (Wildman–Crippen LogP) is 15.2. The Morgan fingerprint density at radius 2 is 1.23 bits per heavy atom. The summed E-state index contributed by atoms with van der Waals surface area (Å²) in [5.41, 5.74) is 19.9. The zero-order valence-electron chi connectivity index (χ0n) is 36.5. The van der Waals surface area contributed by atoms with Gasteiger partial charge in [0.05, 0.1) is 16.8 Å². The van der Waals surface area contributed by atoms with Crippen LogP contribution in [0.5, 0.6) is 0 Å². The molecule has 2 aromatic heterocycles. The minimum absolute atomic E-state index is 0.153. The molecule has 312 valence electrons. The summed E-state index contributed by atoms with van der Waals surface area (Å²) in [4.78, 5) is 5.36. The number of anilines is 5. The first-order valence-electron chi connectivity index (χ1n) is 23.4. The number of aryl methyl sites for hydroxylation is 1. The van der Waals surface area contributed by atoms with E-state index >= 15 is 0 Å². The number of benzene rings is 9. The van der Waals surface area contributed by atoms with E-state index in [1.165, 1.54) is 98.8 Å². The highest BCUT2D eigenvalue weighted by atomic mass is 32.1. The van der Waals surface area contributed by atoms with Crippen molar-refractivity contribution < 1.29 is 4.42 Å². The minimum atomic E-state index is -0.600. The van der Waals surface area contributed by atoms with Crippen LogP contribution in [0.4, 0.5) is 28.4 Å². The number of hydrogen-bond acceptors (Lipinski definition) is 4. The van der Waals surface area contributed by atoms with Crippen LogP contribution in [-0.2, 0) is 11.8 Å². The van der Waals surface area contributed by atoms with Gasteiger partial charge in [-0.2, -0.15) is 0 Å². The molecule has 5 heterocycles. The van der Waals surface area contributed by atoms with Crippen molar-refractivity contribution >= 4 is 88.9 Å². The molecule has 0 bridgehead atoms. The highest BCUT2D eigenvalue weighted by Crippen LogP contribution is 2.62. The normalized spacial score (nSPS) is 14.0. The van der Waals surface area contributed by atoms with Gasteiger partial charge in [0.1, 0.15) is 11.2 Å². The molecule has 0 spiro atoms. The standard InChI is InChI=1S/C61H43BN2OS/c1-2-3-20-39-35-36-50(46(37-39)40-21-7-4-8-22-40)63-52-38-47-43-27-13-17-33-53(43)65-59(47)55-45-29-19-31-49-57(45)64(62(56(52)55)60-58(63)44-28-14-18-34-54(44)66-60)51-32-16-15-30-48(51)61(49,41-23-9-5-10-24-41)42-25-11-6-12-26-42/h4-19,21-38H,2-3,20H2,1H3. The predicted molar refractivity (Wildman–Crippen MR) is 279 cm³/mol. The molecule has 0 aliphatic carbocycles. The molecule has 3 nitrogen and oxygen atoms in total. The molecule has 5 heteroatoms. The van der Waals surface area contributed by atoms with Crippen LogP contribution in [-0.4, -0.2) is 6.85 Å². The zero-order valence-corrected chi connectivity index (χ0v) is 37.4. The van der Waals surface area contributed by atoms with Gasteiger partial charge < -0.3 is 14.1 Å². The fourth-order valence-electron chi connectivity index (χ4n) is 12.0. The number of furan rings is 1. The van der Waals surface area contributed by atoms with Crippen molar-refractivity contribution in [3.8, 4) is 22.3 Å². The third-order valence-corrected chi connectivity index (χ3v) is 15.9. The molecule has 9 aromatic carbocycles. The lowest BCUT2D eigenvalue weighted by molar-refractivity contribution is 0.670. The number of para-hydroxylation sites is 3. The summed E-state index contributed by atoms with van der Waals surface area (Å²) in [7, 11) is 0. The van der Waals surface area contributed by atoms with E-state index in [0.717, 1.165) is 41.2 Å². The fourth-order valence-corrected chi connectivity index (χ4v) is 13.3. The van der Waals surface area contributed by atoms with Crippen LogP contribution in [0.1, 0.15) is 47.6 Å². The van der Waals surface area contributed by atoms with Crippen LogP contribution >= 0.6 is 11.3 Å². The Kier molecular flexibility index (Phi) is 8.27. The first-order chi connectivity index (χ1) is 32.7. The Balaban J connectivity index is 1.17. The molecule has 0 N–H and O–H groups in total. The van der Waals surface area contributed by atoms with Crippen molar-refractivity contribution in [3.63, 3.8) is 0 Å². The van der Waals surface area contributed by atoms with E-state index in [1.54, 1.807) is 0 Å². The molecule has 0 saturated carbocycles. The van der Waals surface area contributed by atoms with Crippen LogP contribution in [0.15, 0.2) is 211 Å². The third-order valence-electron chi connectivity index (χ3n) is 14.7. The second-order valence-corrected chi connectivity index (χ2v) is 19.2. The smallest absolute Gasteiger partial charge is 0.343 e. The summed E-state index contributed by atoms with van der Waals surface area (Å²) >= 11 is 1.94. The molecular formula is C61H43BN2OS. The number of unbranched alkanes of at least 4 members (excludes halogenated alkanes) is 1. The number of hydrogen-bond donors (Lipinski definition) is 0. The highest BCUT2D eigenvalue weighted by molar-refractivity contribution is 7.32. The lowest BCUT2D eigenvalue weighted by Crippen LogP contribution is -2.62. The van der Waals surface area contributed by atoms with E-state index in [-0.39, 0.29) is 6.85 Å². The van der Waals surface area contributed by atoms with Gasteiger partial charge in [-0.1, -0.05) is 183 Å². The van der Waals surface area contributed by atoms with Crippen molar-refractivity contribution in [1.82, 2.24) is 0 Å². The number of nitrogens with zero attached hydrogens (tertiary/aromatic N) is 2.